The van der Waals surface area contributed by atoms with Crippen LogP contribution in [0.1, 0.15) is 17.0 Å². The third kappa shape index (κ3) is 2.56. The topological polar surface area (TPSA) is 37.5 Å². The molecule has 108 valence electrons. The van der Waals surface area contributed by atoms with Gasteiger partial charge in [-0.25, -0.2) is 4.98 Å². The first-order chi connectivity index (χ1) is 9.95. The predicted molar refractivity (Wildman–Crippen MR) is 71.1 cm³/mol. The smallest absolute Gasteiger partial charge is 0.416 e. The van der Waals surface area contributed by atoms with Crippen molar-refractivity contribution in [3.8, 4) is 5.88 Å². The monoisotopic (exact) mass is 292 g/mol. The highest BCUT2D eigenvalue weighted by atomic mass is 19.4. The van der Waals surface area contributed by atoms with Crippen LogP contribution >= 0.6 is 0 Å². The third-order valence-corrected chi connectivity index (χ3v) is 3.22. The number of aromatic nitrogens is 2. The molecule has 2 heterocycles. The van der Waals surface area contributed by atoms with E-state index >= 15 is 0 Å². The molecule has 0 aliphatic heterocycles. The number of aromatic hydroxyl groups is 1. The molecule has 0 radical (unpaired) electrons. The van der Waals surface area contributed by atoms with Gasteiger partial charge in [-0.3, -0.25) is 4.40 Å². The largest absolute Gasteiger partial charge is 0.494 e. The number of alkyl halides is 3. The van der Waals surface area contributed by atoms with Gasteiger partial charge < -0.3 is 5.11 Å². The molecule has 3 aromatic rings. The average Bonchev–Trinajstić information content (AvgIpc) is 2.83. The number of fused-ring (bicyclic) bond motifs is 1. The average molecular weight is 292 g/mol. The maximum absolute atomic E-state index is 12.7. The van der Waals surface area contributed by atoms with Crippen molar-refractivity contribution in [1.82, 2.24) is 9.38 Å². The molecular weight excluding hydrogens is 281 g/mol. The van der Waals surface area contributed by atoms with Gasteiger partial charge in [-0.15, -0.1) is 0 Å². The highest BCUT2D eigenvalue weighted by molar-refractivity contribution is 5.49. The molecule has 0 saturated heterocycles. The molecule has 3 rings (SSSR count). The van der Waals surface area contributed by atoms with Crippen molar-refractivity contribution in [3.63, 3.8) is 0 Å². The van der Waals surface area contributed by atoms with Gasteiger partial charge in [0.2, 0.25) is 0 Å². The molecule has 0 amide bonds. The Morgan fingerprint density at radius 2 is 1.86 bits per heavy atom. The van der Waals surface area contributed by atoms with Crippen LogP contribution in [0.3, 0.4) is 0 Å². The molecule has 2 aromatic heterocycles. The molecule has 21 heavy (non-hydrogen) atoms. The lowest BCUT2D eigenvalue weighted by molar-refractivity contribution is -0.137. The second kappa shape index (κ2) is 4.80. The number of rotatable bonds is 2. The first-order valence-corrected chi connectivity index (χ1v) is 6.25. The van der Waals surface area contributed by atoms with E-state index in [4.69, 9.17) is 0 Å². The third-order valence-electron chi connectivity index (χ3n) is 3.22. The van der Waals surface area contributed by atoms with Gasteiger partial charge in [0.05, 0.1) is 17.3 Å². The van der Waals surface area contributed by atoms with Crippen LogP contribution in [0, 0.1) is 0 Å². The summed E-state index contributed by atoms with van der Waals surface area (Å²) < 4.78 is 39.6. The van der Waals surface area contributed by atoms with Gasteiger partial charge in [0.1, 0.15) is 5.82 Å². The Labute approximate surface area is 118 Å². The Hall–Kier alpha value is -2.50. The second-order valence-electron chi connectivity index (χ2n) is 4.69. The molecule has 1 aromatic carbocycles. The maximum atomic E-state index is 12.7. The summed E-state index contributed by atoms with van der Waals surface area (Å²) in [5.74, 6) is 0.495. The minimum Gasteiger partial charge on any atom is -0.494 e. The van der Waals surface area contributed by atoms with Crippen molar-refractivity contribution >= 4 is 5.52 Å². The zero-order valence-electron chi connectivity index (χ0n) is 10.8. The Bertz CT molecular complexity index is 793. The molecule has 0 saturated carbocycles. The molecule has 0 unspecified atom stereocenters. The van der Waals surface area contributed by atoms with Gasteiger partial charge in [0.25, 0.3) is 0 Å². The summed E-state index contributed by atoms with van der Waals surface area (Å²) in [4.78, 5) is 4.16. The number of nitrogens with zero attached hydrogens (tertiary/aromatic N) is 2. The summed E-state index contributed by atoms with van der Waals surface area (Å²) in [6.07, 6.45) is -2.59. The summed E-state index contributed by atoms with van der Waals surface area (Å²) >= 11 is 0. The van der Waals surface area contributed by atoms with Crippen LogP contribution in [0.25, 0.3) is 5.52 Å². The number of benzene rings is 1. The molecular formula is C15H11F3N2O. The van der Waals surface area contributed by atoms with E-state index in [2.05, 4.69) is 4.98 Å². The highest BCUT2D eigenvalue weighted by Crippen LogP contribution is 2.30. The zero-order chi connectivity index (χ0) is 15.0. The molecule has 1 N–H and O–H groups in total. The predicted octanol–water partition coefficient (Wildman–Crippen LogP) is 3.65. The van der Waals surface area contributed by atoms with Crippen molar-refractivity contribution in [2.45, 2.75) is 12.6 Å². The zero-order valence-corrected chi connectivity index (χ0v) is 10.8. The summed E-state index contributed by atoms with van der Waals surface area (Å²) in [6.45, 7) is 0. The van der Waals surface area contributed by atoms with E-state index in [-0.39, 0.29) is 12.3 Å². The Morgan fingerprint density at radius 1 is 1.10 bits per heavy atom. The summed E-state index contributed by atoms with van der Waals surface area (Å²) in [7, 11) is 0. The van der Waals surface area contributed by atoms with Crippen LogP contribution in [0.15, 0.2) is 48.7 Å². The van der Waals surface area contributed by atoms with Crippen molar-refractivity contribution in [2.24, 2.45) is 0 Å². The maximum Gasteiger partial charge on any atom is 0.416 e. The quantitative estimate of drug-likeness (QED) is 0.783. The molecule has 0 fully saturated rings. The van der Waals surface area contributed by atoms with Gasteiger partial charge in [0.15, 0.2) is 5.88 Å². The van der Waals surface area contributed by atoms with Crippen molar-refractivity contribution < 1.29 is 18.3 Å². The fraction of sp³-hybridized carbons (Fsp3) is 0.133. The van der Waals surface area contributed by atoms with E-state index in [1.165, 1.54) is 16.5 Å². The fourth-order valence-electron chi connectivity index (χ4n) is 2.26. The number of pyridine rings is 1. The van der Waals surface area contributed by atoms with Gasteiger partial charge >= 0.3 is 6.18 Å². The van der Waals surface area contributed by atoms with Crippen LogP contribution in [0.4, 0.5) is 13.2 Å². The normalized spacial score (nSPS) is 12.0. The first-order valence-electron chi connectivity index (χ1n) is 6.25. The second-order valence-corrected chi connectivity index (χ2v) is 4.69. The van der Waals surface area contributed by atoms with Crippen LogP contribution < -0.4 is 0 Å². The van der Waals surface area contributed by atoms with E-state index in [9.17, 15) is 18.3 Å². The van der Waals surface area contributed by atoms with Crippen molar-refractivity contribution in [2.75, 3.05) is 0 Å². The highest BCUT2D eigenvalue weighted by Gasteiger charge is 2.30. The van der Waals surface area contributed by atoms with Gasteiger partial charge in [-0.1, -0.05) is 24.3 Å². The lowest BCUT2D eigenvalue weighted by Crippen LogP contribution is -2.06. The van der Waals surface area contributed by atoms with Crippen LogP contribution in [0.2, 0.25) is 0 Å². The summed E-state index contributed by atoms with van der Waals surface area (Å²) in [6, 6.07) is 10.1. The van der Waals surface area contributed by atoms with Crippen LogP contribution in [0.5, 0.6) is 5.88 Å². The van der Waals surface area contributed by atoms with Gasteiger partial charge in [0, 0.05) is 6.42 Å². The van der Waals surface area contributed by atoms with Gasteiger partial charge in [-0.05, 0) is 23.8 Å². The van der Waals surface area contributed by atoms with Gasteiger partial charge in [-0.2, -0.15) is 13.2 Å². The Morgan fingerprint density at radius 3 is 2.62 bits per heavy atom. The van der Waals surface area contributed by atoms with Crippen molar-refractivity contribution in [3.05, 3.63) is 65.6 Å². The first kappa shape index (κ1) is 13.5. The molecule has 0 aliphatic rings. The molecule has 0 spiro atoms. The van der Waals surface area contributed by atoms with E-state index in [1.54, 1.807) is 24.4 Å². The summed E-state index contributed by atoms with van der Waals surface area (Å²) in [5, 5.41) is 9.85. The molecule has 0 aliphatic carbocycles. The Balaban J connectivity index is 2.00. The van der Waals surface area contributed by atoms with E-state index < -0.39 is 11.7 Å². The number of hydrogen-bond donors (Lipinski definition) is 1. The van der Waals surface area contributed by atoms with Crippen LogP contribution in [-0.4, -0.2) is 14.5 Å². The number of hydrogen-bond acceptors (Lipinski definition) is 2. The van der Waals surface area contributed by atoms with E-state index in [1.807, 2.05) is 0 Å². The number of imidazole rings is 1. The fourth-order valence-corrected chi connectivity index (χ4v) is 2.26. The lowest BCUT2D eigenvalue weighted by atomic mass is 10.1. The molecule has 6 heteroatoms. The van der Waals surface area contributed by atoms with E-state index in [0.717, 1.165) is 12.1 Å². The molecule has 3 nitrogen and oxygen atoms in total. The SMILES string of the molecule is Oc1cccc2cnc(Cc3cccc(C(F)(F)F)c3)n12. The lowest BCUT2D eigenvalue weighted by Gasteiger charge is -2.09. The standard InChI is InChI=1S/C15H11F3N2O/c16-15(17,18)11-4-1-3-10(7-11)8-13-19-9-12-5-2-6-14(21)20(12)13/h1-7,9,21H,8H2. The van der Waals surface area contributed by atoms with Crippen LogP contribution in [-0.2, 0) is 12.6 Å². The molecule has 0 bridgehead atoms. The summed E-state index contributed by atoms with van der Waals surface area (Å²) in [5.41, 5.74) is 0.489. The minimum absolute atomic E-state index is 0.00646. The minimum atomic E-state index is -4.37. The van der Waals surface area contributed by atoms with Crippen molar-refractivity contribution in [1.29, 1.82) is 0 Å². The van der Waals surface area contributed by atoms with E-state index in [0.29, 0.717) is 16.9 Å². The number of halogens is 3. The Kier molecular flexibility index (Phi) is 3.08. The molecule has 0 atom stereocenters.